The van der Waals surface area contributed by atoms with Crippen LogP contribution in [0.5, 0.6) is 5.75 Å². The van der Waals surface area contributed by atoms with Gasteiger partial charge < -0.3 is 9.84 Å². The first-order chi connectivity index (χ1) is 6.68. The van der Waals surface area contributed by atoms with Crippen molar-refractivity contribution in [2.45, 2.75) is 19.1 Å². The van der Waals surface area contributed by atoms with Crippen LogP contribution in [0, 0.1) is 5.92 Å². The molecule has 0 aromatic heterocycles. The molecule has 1 fully saturated rings. The van der Waals surface area contributed by atoms with Crippen molar-refractivity contribution in [1.29, 1.82) is 0 Å². The number of benzene rings is 1. The molecule has 1 aliphatic rings. The minimum atomic E-state index is -0.758. The standard InChI is InChI=1S/C10H10Cl2O2/c11-7-2-1-3-8(9(7)12)14-10(13)6-4-5-6/h1-3,6,10,13H,4-5H2. The van der Waals surface area contributed by atoms with Gasteiger partial charge in [0.15, 0.2) is 6.29 Å². The van der Waals surface area contributed by atoms with Crippen molar-refractivity contribution in [1.82, 2.24) is 0 Å². The van der Waals surface area contributed by atoms with Crippen LogP contribution in [0.4, 0.5) is 0 Å². The first-order valence-corrected chi connectivity index (χ1v) is 5.23. The fourth-order valence-corrected chi connectivity index (χ4v) is 1.52. The van der Waals surface area contributed by atoms with Crippen LogP contribution in [0.15, 0.2) is 18.2 Å². The summed E-state index contributed by atoms with van der Waals surface area (Å²) in [7, 11) is 0. The lowest BCUT2D eigenvalue weighted by atomic mass is 10.3. The molecular weight excluding hydrogens is 223 g/mol. The van der Waals surface area contributed by atoms with E-state index in [2.05, 4.69) is 0 Å². The average Bonchev–Trinajstić information content (AvgIpc) is 2.95. The summed E-state index contributed by atoms with van der Waals surface area (Å²) in [6.07, 6.45) is 1.27. The van der Waals surface area contributed by atoms with Gasteiger partial charge in [-0.1, -0.05) is 29.3 Å². The van der Waals surface area contributed by atoms with Crippen LogP contribution in [0.25, 0.3) is 0 Å². The van der Waals surface area contributed by atoms with Crippen LogP contribution in [-0.4, -0.2) is 11.4 Å². The maximum Gasteiger partial charge on any atom is 0.200 e. The van der Waals surface area contributed by atoms with Gasteiger partial charge in [-0.05, 0) is 25.0 Å². The van der Waals surface area contributed by atoms with Gasteiger partial charge in [0, 0.05) is 5.92 Å². The maximum absolute atomic E-state index is 9.53. The van der Waals surface area contributed by atoms with Crippen molar-refractivity contribution < 1.29 is 9.84 Å². The lowest BCUT2D eigenvalue weighted by Gasteiger charge is -2.13. The van der Waals surface area contributed by atoms with Crippen molar-refractivity contribution in [3.63, 3.8) is 0 Å². The number of halogens is 2. The van der Waals surface area contributed by atoms with E-state index in [1.165, 1.54) is 0 Å². The van der Waals surface area contributed by atoms with Crippen LogP contribution in [0.2, 0.25) is 10.0 Å². The van der Waals surface area contributed by atoms with Gasteiger partial charge in [0.2, 0.25) is 0 Å². The molecule has 1 saturated carbocycles. The Morgan fingerprint density at radius 3 is 2.71 bits per heavy atom. The predicted molar refractivity (Wildman–Crippen MR) is 55.8 cm³/mol. The summed E-state index contributed by atoms with van der Waals surface area (Å²) in [4.78, 5) is 0. The lowest BCUT2D eigenvalue weighted by molar-refractivity contribution is -0.0341. The minimum absolute atomic E-state index is 0.255. The quantitative estimate of drug-likeness (QED) is 0.813. The Labute approximate surface area is 92.4 Å². The molecule has 2 nitrogen and oxygen atoms in total. The van der Waals surface area contributed by atoms with E-state index in [9.17, 15) is 5.11 Å². The van der Waals surface area contributed by atoms with Crippen molar-refractivity contribution in [3.05, 3.63) is 28.2 Å². The van der Waals surface area contributed by atoms with Crippen LogP contribution in [-0.2, 0) is 0 Å². The molecule has 76 valence electrons. The zero-order valence-electron chi connectivity index (χ0n) is 7.41. The summed E-state index contributed by atoms with van der Waals surface area (Å²) in [5.74, 6) is 0.698. The molecule has 4 heteroatoms. The Balaban J connectivity index is 2.11. The average molecular weight is 233 g/mol. The number of rotatable bonds is 3. The van der Waals surface area contributed by atoms with Crippen LogP contribution in [0.3, 0.4) is 0 Å². The highest BCUT2D eigenvalue weighted by molar-refractivity contribution is 6.42. The molecule has 1 aromatic carbocycles. The Morgan fingerprint density at radius 2 is 2.07 bits per heavy atom. The third kappa shape index (κ3) is 2.14. The lowest BCUT2D eigenvalue weighted by Crippen LogP contribution is -2.17. The van der Waals surface area contributed by atoms with Crippen molar-refractivity contribution >= 4 is 23.2 Å². The van der Waals surface area contributed by atoms with Crippen molar-refractivity contribution in [2.75, 3.05) is 0 Å². The number of aliphatic hydroxyl groups is 1. The van der Waals surface area contributed by atoms with E-state index < -0.39 is 6.29 Å². The second-order valence-corrected chi connectivity index (χ2v) is 4.18. The van der Waals surface area contributed by atoms with Gasteiger partial charge in [0.05, 0.1) is 5.02 Å². The van der Waals surface area contributed by atoms with Gasteiger partial charge in [0.25, 0.3) is 0 Å². The molecule has 0 aliphatic heterocycles. The molecule has 0 heterocycles. The highest BCUT2D eigenvalue weighted by atomic mass is 35.5. The first kappa shape index (κ1) is 10.1. The van der Waals surface area contributed by atoms with Crippen LogP contribution in [0.1, 0.15) is 12.8 Å². The number of aliphatic hydroxyl groups excluding tert-OH is 1. The number of hydrogen-bond acceptors (Lipinski definition) is 2. The molecule has 1 atom stereocenters. The molecule has 0 amide bonds. The molecule has 0 radical (unpaired) electrons. The molecule has 1 unspecified atom stereocenters. The third-order valence-electron chi connectivity index (χ3n) is 2.19. The highest BCUT2D eigenvalue weighted by Gasteiger charge is 2.31. The van der Waals surface area contributed by atoms with Gasteiger partial charge in [-0.25, -0.2) is 0 Å². The van der Waals surface area contributed by atoms with E-state index in [4.69, 9.17) is 27.9 Å². The first-order valence-electron chi connectivity index (χ1n) is 4.47. The molecule has 0 saturated heterocycles. The normalized spacial score (nSPS) is 17.9. The Kier molecular flexibility index (Phi) is 2.86. The molecule has 1 aromatic rings. The summed E-state index contributed by atoms with van der Waals surface area (Å²) in [5.41, 5.74) is 0. The van der Waals surface area contributed by atoms with Crippen LogP contribution >= 0.6 is 23.2 Å². The van der Waals surface area contributed by atoms with E-state index in [1.807, 2.05) is 0 Å². The van der Waals surface area contributed by atoms with E-state index in [0.29, 0.717) is 15.8 Å². The summed E-state index contributed by atoms with van der Waals surface area (Å²) in [6, 6.07) is 5.11. The summed E-state index contributed by atoms with van der Waals surface area (Å²) < 4.78 is 5.29. The topological polar surface area (TPSA) is 29.5 Å². The summed E-state index contributed by atoms with van der Waals surface area (Å²) in [5, 5.41) is 10.3. The zero-order valence-corrected chi connectivity index (χ0v) is 8.92. The number of ether oxygens (including phenoxy) is 1. The van der Waals surface area contributed by atoms with E-state index in [1.54, 1.807) is 18.2 Å². The van der Waals surface area contributed by atoms with E-state index >= 15 is 0 Å². The third-order valence-corrected chi connectivity index (χ3v) is 2.99. The minimum Gasteiger partial charge on any atom is -0.463 e. The maximum atomic E-state index is 9.53. The van der Waals surface area contributed by atoms with Gasteiger partial charge >= 0.3 is 0 Å². The monoisotopic (exact) mass is 232 g/mol. The second kappa shape index (κ2) is 3.97. The molecule has 14 heavy (non-hydrogen) atoms. The molecule has 2 rings (SSSR count). The fraction of sp³-hybridized carbons (Fsp3) is 0.400. The molecule has 1 N–H and O–H groups in total. The van der Waals surface area contributed by atoms with E-state index in [-0.39, 0.29) is 5.92 Å². The van der Waals surface area contributed by atoms with Gasteiger partial charge in [-0.2, -0.15) is 0 Å². The smallest absolute Gasteiger partial charge is 0.200 e. The highest BCUT2D eigenvalue weighted by Crippen LogP contribution is 2.37. The summed E-state index contributed by atoms with van der Waals surface area (Å²) in [6.45, 7) is 0. The Bertz CT molecular complexity index is 337. The zero-order chi connectivity index (χ0) is 10.1. The SMILES string of the molecule is OC(Oc1cccc(Cl)c1Cl)C1CC1. The molecule has 0 spiro atoms. The Morgan fingerprint density at radius 1 is 1.36 bits per heavy atom. The Hall–Kier alpha value is -0.440. The van der Waals surface area contributed by atoms with Crippen LogP contribution < -0.4 is 4.74 Å². The molecule has 0 bridgehead atoms. The van der Waals surface area contributed by atoms with E-state index in [0.717, 1.165) is 12.8 Å². The molecule has 1 aliphatic carbocycles. The van der Waals surface area contributed by atoms with Gasteiger partial charge in [-0.3, -0.25) is 0 Å². The van der Waals surface area contributed by atoms with Crippen molar-refractivity contribution in [3.8, 4) is 5.75 Å². The van der Waals surface area contributed by atoms with Gasteiger partial charge in [-0.15, -0.1) is 0 Å². The predicted octanol–water partition coefficient (Wildman–Crippen LogP) is 3.10. The summed E-state index contributed by atoms with van der Waals surface area (Å²) >= 11 is 11.7. The largest absolute Gasteiger partial charge is 0.463 e. The van der Waals surface area contributed by atoms with Crippen molar-refractivity contribution in [2.24, 2.45) is 5.92 Å². The molecular formula is C10H10Cl2O2. The number of hydrogen-bond donors (Lipinski definition) is 1. The fourth-order valence-electron chi connectivity index (χ4n) is 1.18. The second-order valence-electron chi connectivity index (χ2n) is 3.40. The van der Waals surface area contributed by atoms with Gasteiger partial charge in [0.1, 0.15) is 10.8 Å².